The van der Waals surface area contributed by atoms with Crippen molar-refractivity contribution in [1.29, 1.82) is 0 Å². The van der Waals surface area contributed by atoms with Crippen molar-refractivity contribution in [3.63, 3.8) is 0 Å². The standard InChI is InChI=1S/C12H17BrN2O2S/c1-10(11-4-6-12(13)7-5-11)14-18(16,17)15-8-2-3-9-15/h4-7,10,14H,2-3,8-9H2,1H3. The van der Waals surface area contributed by atoms with Gasteiger partial charge in [-0.3, -0.25) is 0 Å². The van der Waals surface area contributed by atoms with Crippen molar-refractivity contribution >= 4 is 26.1 Å². The highest BCUT2D eigenvalue weighted by atomic mass is 79.9. The van der Waals surface area contributed by atoms with Gasteiger partial charge in [-0.1, -0.05) is 28.1 Å². The van der Waals surface area contributed by atoms with Crippen LogP contribution in [0.3, 0.4) is 0 Å². The summed E-state index contributed by atoms with van der Waals surface area (Å²) in [6.07, 6.45) is 1.90. The lowest BCUT2D eigenvalue weighted by Gasteiger charge is -2.20. The number of hydrogen-bond acceptors (Lipinski definition) is 2. The Balaban J connectivity index is 2.06. The third-order valence-corrected chi connectivity index (χ3v) is 5.33. The molecular formula is C12H17BrN2O2S. The van der Waals surface area contributed by atoms with Gasteiger partial charge in [0.25, 0.3) is 10.2 Å². The first-order valence-corrected chi connectivity index (χ1v) is 8.25. The SMILES string of the molecule is CC(NS(=O)(=O)N1CCCC1)c1ccc(Br)cc1. The van der Waals surface area contributed by atoms with Gasteiger partial charge in [0, 0.05) is 23.6 Å². The largest absolute Gasteiger partial charge is 0.279 e. The van der Waals surface area contributed by atoms with Crippen molar-refractivity contribution in [2.45, 2.75) is 25.8 Å². The molecule has 1 N–H and O–H groups in total. The van der Waals surface area contributed by atoms with E-state index in [9.17, 15) is 8.42 Å². The Labute approximate surface area is 117 Å². The van der Waals surface area contributed by atoms with Crippen molar-refractivity contribution in [2.75, 3.05) is 13.1 Å². The van der Waals surface area contributed by atoms with E-state index in [0.717, 1.165) is 22.9 Å². The summed E-state index contributed by atoms with van der Waals surface area (Å²) < 4.78 is 29.4. The van der Waals surface area contributed by atoms with E-state index in [1.807, 2.05) is 31.2 Å². The topological polar surface area (TPSA) is 49.4 Å². The van der Waals surface area contributed by atoms with Crippen molar-refractivity contribution < 1.29 is 8.42 Å². The van der Waals surface area contributed by atoms with E-state index in [4.69, 9.17) is 0 Å². The molecule has 1 unspecified atom stereocenters. The highest BCUT2D eigenvalue weighted by Gasteiger charge is 2.26. The summed E-state index contributed by atoms with van der Waals surface area (Å²) in [6, 6.07) is 7.44. The first kappa shape index (κ1) is 14.0. The Hall–Kier alpha value is -0.430. The highest BCUT2D eigenvalue weighted by molar-refractivity contribution is 9.10. The predicted molar refractivity (Wildman–Crippen MR) is 75.4 cm³/mol. The van der Waals surface area contributed by atoms with E-state index in [1.165, 1.54) is 4.31 Å². The van der Waals surface area contributed by atoms with Gasteiger partial charge in [0.1, 0.15) is 0 Å². The number of hydrogen-bond donors (Lipinski definition) is 1. The van der Waals surface area contributed by atoms with Crippen LogP contribution in [0.5, 0.6) is 0 Å². The van der Waals surface area contributed by atoms with Crippen molar-refractivity contribution in [3.05, 3.63) is 34.3 Å². The number of benzene rings is 1. The molecule has 2 rings (SSSR count). The minimum atomic E-state index is -3.35. The summed E-state index contributed by atoms with van der Waals surface area (Å²) in [6.45, 7) is 3.11. The van der Waals surface area contributed by atoms with E-state index in [2.05, 4.69) is 20.7 Å². The van der Waals surface area contributed by atoms with Crippen molar-refractivity contribution in [1.82, 2.24) is 9.03 Å². The Morgan fingerprint density at radius 1 is 1.22 bits per heavy atom. The smallest absolute Gasteiger partial charge is 0.195 e. The van der Waals surface area contributed by atoms with E-state index in [-0.39, 0.29) is 6.04 Å². The molecular weight excluding hydrogens is 316 g/mol. The summed E-state index contributed by atoms with van der Waals surface area (Å²) in [7, 11) is -3.35. The van der Waals surface area contributed by atoms with Gasteiger partial charge >= 0.3 is 0 Å². The second-order valence-corrected chi connectivity index (χ2v) is 7.12. The van der Waals surface area contributed by atoms with Crippen LogP contribution in [0.25, 0.3) is 0 Å². The minimum absolute atomic E-state index is 0.219. The Morgan fingerprint density at radius 3 is 2.33 bits per heavy atom. The number of nitrogens with zero attached hydrogens (tertiary/aromatic N) is 1. The maximum Gasteiger partial charge on any atom is 0.279 e. The highest BCUT2D eigenvalue weighted by Crippen LogP contribution is 2.19. The minimum Gasteiger partial charge on any atom is -0.195 e. The lowest BCUT2D eigenvalue weighted by molar-refractivity contribution is 0.457. The molecule has 0 radical (unpaired) electrons. The summed E-state index contributed by atoms with van der Waals surface area (Å²) >= 11 is 3.36. The number of nitrogens with one attached hydrogen (secondary N) is 1. The number of rotatable bonds is 4. The fourth-order valence-corrected chi connectivity index (χ4v) is 3.78. The monoisotopic (exact) mass is 332 g/mol. The molecule has 1 heterocycles. The summed E-state index contributed by atoms with van der Waals surface area (Å²) in [5.74, 6) is 0. The molecule has 1 aliphatic rings. The van der Waals surface area contributed by atoms with E-state index >= 15 is 0 Å². The van der Waals surface area contributed by atoms with Gasteiger partial charge in [-0.2, -0.15) is 17.4 Å². The molecule has 1 atom stereocenters. The van der Waals surface area contributed by atoms with Crippen LogP contribution in [0.4, 0.5) is 0 Å². The molecule has 1 saturated heterocycles. The van der Waals surface area contributed by atoms with E-state index < -0.39 is 10.2 Å². The maximum atomic E-state index is 12.1. The first-order chi connectivity index (χ1) is 8.49. The predicted octanol–water partition coefficient (Wildman–Crippen LogP) is 2.44. The van der Waals surface area contributed by atoms with Gasteiger partial charge in [0.15, 0.2) is 0 Å². The lowest BCUT2D eigenvalue weighted by atomic mass is 10.1. The van der Waals surface area contributed by atoms with Gasteiger partial charge in [0.2, 0.25) is 0 Å². The van der Waals surface area contributed by atoms with Gasteiger partial charge in [-0.05, 0) is 37.5 Å². The zero-order valence-corrected chi connectivity index (χ0v) is 12.7. The fourth-order valence-electron chi connectivity index (χ4n) is 2.05. The van der Waals surface area contributed by atoms with Crippen LogP contribution in [-0.2, 0) is 10.2 Å². The fraction of sp³-hybridized carbons (Fsp3) is 0.500. The van der Waals surface area contributed by atoms with Crippen LogP contribution >= 0.6 is 15.9 Å². The third kappa shape index (κ3) is 3.32. The zero-order chi connectivity index (χ0) is 13.2. The molecule has 6 heteroatoms. The van der Waals surface area contributed by atoms with Crippen LogP contribution in [0.1, 0.15) is 31.4 Å². The second kappa shape index (κ2) is 5.69. The molecule has 1 fully saturated rings. The zero-order valence-electron chi connectivity index (χ0n) is 10.3. The van der Waals surface area contributed by atoms with Gasteiger partial charge < -0.3 is 0 Å². The summed E-state index contributed by atoms with van der Waals surface area (Å²) in [5, 5.41) is 0. The van der Waals surface area contributed by atoms with Crippen LogP contribution in [0.15, 0.2) is 28.7 Å². The first-order valence-electron chi connectivity index (χ1n) is 6.02. The average molecular weight is 333 g/mol. The Morgan fingerprint density at radius 2 is 1.78 bits per heavy atom. The van der Waals surface area contributed by atoms with Crippen LogP contribution < -0.4 is 4.72 Å². The van der Waals surface area contributed by atoms with Crippen molar-refractivity contribution in [3.8, 4) is 0 Å². The molecule has 18 heavy (non-hydrogen) atoms. The van der Waals surface area contributed by atoms with Gasteiger partial charge in [0.05, 0.1) is 0 Å². The molecule has 1 aliphatic heterocycles. The molecule has 0 aromatic heterocycles. The third-order valence-electron chi connectivity index (χ3n) is 3.10. The molecule has 0 spiro atoms. The average Bonchev–Trinajstić information content (AvgIpc) is 2.83. The maximum absolute atomic E-state index is 12.1. The van der Waals surface area contributed by atoms with Crippen LogP contribution in [-0.4, -0.2) is 25.8 Å². The molecule has 1 aromatic carbocycles. The Bertz CT molecular complexity index is 495. The lowest BCUT2D eigenvalue weighted by Crippen LogP contribution is -2.40. The van der Waals surface area contributed by atoms with E-state index in [1.54, 1.807) is 0 Å². The molecule has 1 aromatic rings. The normalized spacial score (nSPS) is 19.0. The van der Waals surface area contributed by atoms with E-state index in [0.29, 0.717) is 13.1 Å². The molecule has 100 valence electrons. The molecule has 0 amide bonds. The van der Waals surface area contributed by atoms with Gasteiger partial charge in [-0.15, -0.1) is 0 Å². The second-order valence-electron chi connectivity index (χ2n) is 4.50. The Kier molecular flexibility index (Phi) is 4.42. The molecule has 0 bridgehead atoms. The molecule has 4 nitrogen and oxygen atoms in total. The molecule has 0 aliphatic carbocycles. The van der Waals surface area contributed by atoms with Crippen LogP contribution in [0, 0.1) is 0 Å². The van der Waals surface area contributed by atoms with Crippen LogP contribution in [0.2, 0.25) is 0 Å². The van der Waals surface area contributed by atoms with Gasteiger partial charge in [-0.25, -0.2) is 0 Å². The number of halogens is 1. The summed E-state index contributed by atoms with van der Waals surface area (Å²) in [5.41, 5.74) is 0.959. The summed E-state index contributed by atoms with van der Waals surface area (Å²) in [4.78, 5) is 0. The quantitative estimate of drug-likeness (QED) is 0.920. The molecule has 0 saturated carbocycles. The van der Waals surface area contributed by atoms with Crippen molar-refractivity contribution in [2.24, 2.45) is 0 Å².